The molecule has 22 heavy (non-hydrogen) atoms. The minimum Gasteiger partial charge on any atom is -0.389 e. The molecule has 1 amide bonds. The summed E-state index contributed by atoms with van der Waals surface area (Å²) in [6.45, 7) is 4.23. The summed E-state index contributed by atoms with van der Waals surface area (Å²) in [6.07, 6.45) is 6.30. The van der Waals surface area contributed by atoms with Crippen LogP contribution < -0.4 is 5.32 Å². The van der Waals surface area contributed by atoms with Gasteiger partial charge in [0.05, 0.1) is 30.1 Å². The summed E-state index contributed by atoms with van der Waals surface area (Å²) in [5, 5.41) is 15.3. The molecule has 0 unspecified atom stereocenters. The smallest absolute Gasteiger partial charge is 0.252 e. The van der Waals surface area contributed by atoms with Crippen molar-refractivity contribution < 1.29 is 9.90 Å². The van der Waals surface area contributed by atoms with Gasteiger partial charge in [-0.3, -0.25) is 4.79 Å². The summed E-state index contributed by atoms with van der Waals surface area (Å²) >= 11 is 1.61. The van der Waals surface area contributed by atoms with Crippen LogP contribution in [0.25, 0.3) is 0 Å². The highest BCUT2D eigenvalue weighted by Gasteiger charge is 2.36. The summed E-state index contributed by atoms with van der Waals surface area (Å²) in [5.74, 6) is 0.327. The number of aromatic nitrogens is 2. The predicted molar refractivity (Wildman–Crippen MR) is 86.2 cm³/mol. The van der Waals surface area contributed by atoms with Crippen molar-refractivity contribution >= 4 is 17.2 Å². The fourth-order valence-corrected chi connectivity index (χ4v) is 3.84. The minimum atomic E-state index is -0.582. The molecule has 1 fully saturated rings. The number of nitrogens with one attached hydrogen (secondary N) is 1. The molecule has 1 saturated carbocycles. The van der Waals surface area contributed by atoms with Gasteiger partial charge in [0, 0.05) is 22.7 Å². The molecule has 5 nitrogen and oxygen atoms in total. The number of carbonyl (C=O) groups is 1. The summed E-state index contributed by atoms with van der Waals surface area (Å²) in [5.41, 5.74) is 0.687. The molecule has 1 aliphatic rings. The van der Waals surface area contributed by atoms with Gasteiger partial charge in [-0.1, -0.05) is 13.8 Å². The molecule has 0 radical (unpaired) electrons. The summed E-state index contributed by atoms with van der Waals surface area (Å²) in [4.78, 5) is 17.6. The van der Waals surface area contributed by atoms with Crippen LogP contribution >= 0.6 is 11.3 Å². The Bertz CT molecular complexity index is 636. The second-order valence-corrected chi connectivity index (χ2v) is 7.06. The Morgan fingerprint density at radius 3 is 2.95 bits per heavy atom. The van der Waals surface area contributed by atoms with Gasteiger partial charge in [0.15, 0.2) is 0 Å². The Balaban J connectivity index is 1.64. The zero-order valence-corrected chi connectivity index (χ0v) is 13.6. The SMILES string of the molecule is CC(C)c1cc(C(=O)N[C@@H]2CC[C@@H](n3ccnc3)[C@@H]2O)cs1. The molecule has 1 aliphatic carbocycles. The topological polar surface area (TPSA) is 67.2 Å². The number of carbonyl (C=O) groups excluding carboxylic acids is 1. The number of aliphatic hydroxyl groups is 1. The summed E-state index contributed by atoms with van der Waals surface area (Å²) in [6, 6.07) is 1.73. The van der Waals surface area contributed by atoms with Gasteiger partial charge in [0.25, 0.3) is 5.91 Å². The molecule has 0 spiro atoms. The van der Waals surface area contributed by atoms with Crippen LogP contribution in [0.1, 0.15) is 53.9 Å². The van der Waals surface area contributed by atoms with Crippen LogP contribution in [0.4, 0.5) is 0 Å². The van der Waals surface area contributed by atoms with Crippen LogP contribution in [0.5, 0.6) is 0 Å². The van der Waals surface area contributed by atoms with Gasteiger partial charge in [-0.05, 0) is 24.8 Å². The highest BCUT2D eigenvalue weighted by atomic mass is 32.1. The molecular weight excluding hydrogens is 298 g/mol. The number of thiophene rings is 1. The van der Waals surface area contributed by atoms with Gasteiger partial charge in [-0.15, -0.1) is 11.3 Å². The van der Waals surface area contributed by atoms with E-state index in [1.807, 2.05) is 22.2 Å². The third-order valence-electron chi connectivity index (χ3n) is 4.26. The zero-order valence-electron chi connectivity index (χ0n) is 12.8. The Kier molecular flexibility index (Phi) is 4.31. The zero-order chi connectivity index (χ0) is 15.7. The number of hydrogen-bond donors (Lipinski definition) is 2. The molecule has 3 atom stereocenters. The highest BCUT2D eigenvalue weighted by molar-refractivity contribution is 7.10. The highest BCUT2D eigenvalue weighted by Crippen LogP contribution is 2.31. The number of imidazole rings is 1. The fraction of sp³-hybridized carbons (Fsp3) is 0.500. The van der Waals surface area contributed by atoms with E-state index in [0.717, 1.165) is 12.8 Å². The maximum atomic E-state index is 12.3. The van der Waals surface area contributed by atoms with E-state index in [1.165, 1.54) is 4.88 Å². The molecule has 0 aromatic carbocycles. The van der Waals surface area contributed by atoms with Crippen LogP contribution in [-0.2, 0) is 0 Å². The number of amides is 1. The van der Waals surface area contributed by atoms with E-state index < -0.39 is 6.10 Å². The van der Waals surface area contributed by atoms with E-state index in [0.29, 0.717) is 11.5 Å². The van der Waals surface area contributed by atoms with Crippen molar-refractivity contribution in [3.05, 3.63) is 40.6 Å². The third kappa shape index (κ3) is 2.94. The summed E-state index contributed by atoms with van der Waals surface area (Å²) < 4.78 is 1.91. The van der Waals surface area contributed by atoms with Crippen LogP contribution in [0.3, 0.4) is 0 Å². The monoisotopic (exact) mass is 319 g/mol. The first-order valence-electron chi connectivity index (χ1n) is 7.61. The minimum absolute atomic E-state index is 0.0125. The van der Waals surface area contributed by atoms with Crippen molar-refractivity contribution in [3.8, 4) is 0 Å². The van der Waals surface area contributed by atoms with Crippen LogP contribution in [-0.4, -0.2) is 32.7 Å². The Hall–Kier alpha value is -1.66. The second kappa shape index (κ2) is 6.22. The maximum Gasteiger partial charge on any atom is 0.252 e. The Morgan fingerprint density at radius 1 is 1.50 bits per heavy atom. The molecule has 0 aliphatic heterocycles. The van der Waals surface area contributed by atoms with Crippen molar-refractivity contribution in [1.82, 2.24) is 14.9 Å². The molecule has 2 heterocycles. The molecule has 2 aromatic rings. The number of nitrogens with zero attached hydrogens (tertiary/aromatic N) is 2. The van der Waals surface area contributed by atoms with E-state index in [-0.39, 0.29) is 18.0 Å². The van der Waals surface area contributed by atoms with Crippen molar-refractivity contribution in [3.63, 3.8) is 0 Å². The molecule has 3 rings (SSSR count). The summed E-state index contributed by atoms with van der Waals surface area (Å²) in [7, 11) is 0. The first-order chi connectivity index (χ1) is 10.6. The van der Waals surface area contributed by atoms with E-state index in [9.17, 15) is 9.90 Å². The Morgan fingerprint density at radius 2 is 2.32 bits per heavy atom. The van der Waals surface area contributed by atoms with Crippen LogP contribution in [0, 0.1) is 0 Å². The maximum absolute atomic E-state index is 12.3. The van der Waals surface area contributed by atoms with Crippen molar-refractivity contribution in [2.75, 3.05) is 0 Å². The quantitative estimate of drug-likeness (QED) is 0.910. The lowest BCUT2D eigenvalue weighted by atomic mass is 10.1. The van der Waals surface area contributed by atoms with E-state index in [1.54, 1.807) is 23.9 Å². The van der Waals surface area contributed by atoms with Gasteiger partial charge in [0.2, 0.25) is 0 Å². The van der Waals surface area contributed by atoms with Gasteiger partial charge >= 0.3 is 0 Å². The lowest BCUT2D eigenvalue weighted by Gasteiger charge is -2.21. The molecule has 6 heteroatoms. The van der Waals surface area contributed by atoms with Crippen LogP contribution in [0.2, 0.25) is 0 Å². The normalized spacial score (nSPS) is 24.8. The van der Waals surface area contributed by atoms with E-state index in [2.05, 4.69) is 24.1 Å². The number of rotatable bonds is 4. The van der Waals surface area contributed by atoms with E-state index >= 15 is 0 Å². The molecule has 0 bridgehead atoms. The van der Waals surface area contributed by atoms with Crippen molar-refractivity contribution in [1.29, 1.82) is 0 Å². The standard InChI is InChI=1S/C16H21N3O2S/c1-10(2)14-7-11(8-22-14)16(21)18-12-3-4-13(15(12)20)19-6-5-17-9-19/h5-10,12-13,15,20H,3-4H2,1-2H3,(H,18,21)/t12-,13-,15-/m1/s1. The van der Waals surface area contributed by atoms with Gasteiger partial charge in [-0.2, -0.15) is 0 Å². The largest absolute Gasteiger partial charge is 0.389 e. The average molecular weight is 319 g/mol. The van der Waals surface area contributed by atoms with E-state index in [4.69, 9.17) is 0 Å². The second-order valence-electron chi connectivity index (χ2n) is 6.12. The number of hydrogen-bond acceptors (Lipinski definition) is 4. The Labute approximate surface area is 134 Å². The van der Waals surface area contributed by atoms with Gasteiger partial charge < -0.3 is 15.0 Å². The lowest BCUT2D eigenvalue weighted by Crippen LogP contribution is -2.41. The van der Waals surface area contributed by atoms with Crippen molar-refractivity contribution in [2.24, 2.45) is 0 Å². The predicted octanol–water partition coefficient (Wildman–Crippen LogP) is 2.56. The molecule has 0 saturated heterocycles. The fourth-order valence-electron chi connectivity index (χ4n) is 2.93. The number of aliphatic hydroxyl groups excluding tert-OH is 1. The molecular formula is C16H21N3O2S. The lowest BCUT2D eigenvalue weighted by molar-refractivity contribution is 0.0814. The van der Waals surface area contributed by atoms with Crippen LogP contribution in [0.15, 0.2) is 30.2 Å². The molecule has 2 aromatic heterocycles. The van der Waals surface area contributed by atoms with Gasteiger partial charge in [-0.25, -0.2) is 4.98 Å². The first-order valence-corrected chi connectivity index (χ1v) is 8.49. The molecule has 118 valence electrons. The molecule has 2 N–H and O–H groups in total. The van der Waals surface area contributed by atoms with Gasteiger partial charge in [0.1, 0.15) is 0 Å². The average Bonchev–Trinajstić information content (AvgIpc) is 3.19. The first kappa shape index (κ1) is 15.2. The third-order valence-corrected chi connectivity index (χ3v) is 5.49. The van der Waals surface area contributed by atoms with Crippen molar-refractivity contribution in [2.45, 2.75) is 50.8 Å².